The summed E-state index contributed by atoms with van der Waals surface area (Å²) >= 11 is 0.924. The molecule has 0 radical (unpaired) electrons. The minimum atomic E-state index is -4.93. The highest BCUT2D eigenvalue weighted by Crippen LogP contribution is 2.37. The van der Waals surface area contributed by atoms with Crippen molar-refractivity contribution in [2.75, 3.05) is 0 Å². The number of rotatable bonds is 3. The number of benzene rings is 2. The molecule has 3 aromatic rings. The van der Waals surface area contributed by atoms with E-state index in [-0.39, 0.29) is 28.2 Å². The monoisotopic (exact) mass is 469 g/mol. The Balaban J connectivity index is 1.80. The molecule has 4 rings (SSSR count). The molecular formula is C21H13F6N3OS. The second-order valence-corrected chi connectivity index (χ2v) is 8.09. The molecule has 11 heteroatoms. The summed E-state index contributed by atoms with van der Waals surface area (Å²) in [6.07, 6.45) is -6.77. The summed E-state index contributed by atoms with van der Waals surface area (Å²) in [5.41, 5.74) is -1.79. The van der Waals surface area contributed by atoms with E-state index in [2.05, 4.69) is 5.32 Å². The van der Waals surface area contributed by atoms with E-state index in [0.29, 0.717) is 28.6 Å². The number of aromatic nitrogens is 1. The fourth-order valence-electron chi connectivity index (χ4n) is 3.41. The largest absolute Gasteiger partial charge is 0.416 e. The number of fused-ring (bicyclic) bond motifs is 1. The lowest BCUT2D eigenvalue weighted by atomic mass is 10.0. The molecular weight excluding hydrogens is 456 g/mol. The van der Waals surface area contributed by atoms with Gasteiger partial charge < -0.3 is 9.88 Å². The number of hydrogen-bond acceptors (Lipinski definition) is 3. The zero-order chi connectivity index (χ0) is 23.3. The van der Waals surface area contributed by atoms with Crippen LogP contribution in [-0.4, -0.2) is 15.6 Å². The highest BCUT2D eigenvalue weighted by molar-refractivity contribution is 8.18. The molecule has 0 aliphatic carbocycles. The van der Waals surface area contributed by atoms with Crippen LogP contribution in [0, 0.1) is 5.41 Å². The maximum atomic E-state index is 13.2. The molecule has 2 heterocycles. The number of para-hydroxylation sites is 1. The summed E-state index contributed by atoms with van der Waals surface area (Å²) in [6, 6.07) is 8.32. The van der Waals surface area contributed by atoms with Gasteiger partial charge in [-0.25, -0.2) is 0 Å². The minimum Gasteiger partial charge on any atom is -0.342 e. The maximum Gasteiger partial charge on any atom is 0.416 e. The Morgan fingerprint density at radius 3 is 2.19 bits per heavy atom. The smallest absolute Gasteiger partial charge is 0.342 e. The van der Waals surface area contributed by atoms with Crippen molar-refractivity contribution in [2.45, 2.75) is 18.9 Å². The average Bonchev–Trinajstić information content (AvgIpc) is 3.20. The van der Waals surface area contributed by atoms with Crippen LogP contribution in [0.5, 0.6) is 0 Å². The molecule has 4 nitrogen and oxygen atoms in total. The summed E-state index contributed by atoms with van der Waals surface area (Å²) in [5, 5.41) is 10.5. The number of hydrogen-bond donors (Lipinski definition) is 2. The van der Waals surface area contributed by atoms with Crippen molar-refractivity contribution in [2.24, 2.45) is 0 Å². The standard InChI is InChI=1S/C21H13F6N3OS/c22-20(23,24)13-5-11(6-14(8-13)21(25,26)27)9-30-10-12(15-3-1-2-4-16(15)30)7-17-18(31)29-19(28)32-17/h1-8,10H,9H2,(H2,28,29,31)/b17-7-. The zero-order valence-corrected chi connectivity index (χ0v) is 16.8. The number of amides is 1. The summed E-state index contributed by atoms with van der Waals surface area (Å²) in [5.74, 6) is -0.454. The molecule has 1 aromatic heterocycles. The van der Waals surface area contributed by atoms with Gasteiger partial charge in [0.25, 0.3) is 5.91 Å². The van der Waals surface area contributed by atoms with Crippen molar-refractivity contribution >= 4 is 39.8 Å². The molecule has 1 fully saturated rings. The van der Waals surface area contributed by atoms with Crippen molar-refractivity contribution in [3.8, 4) is 0 Å². The normalized spacial score (nSPS) is 16.2. The Labute approximate surface area is 181 Å². The summed E-state index contributed by atoms with van der Waals surface area (Å²) in [4.78, 5) is 12.2. The third-order valence-electron chi connectivity index (χ3n) is 4.77. The Hall–Kier alpha value is -3.21. The number of carbonyl (C=O) groups is 1. The second kappa shape index (κ2) is 7.73. The first-order valence-corrected chi connectivity index (χ1v) is 9.89. The van der Waals surface area contributed by atoms with Crippen LogP contribution < -0.4 is 5.32 Å². The van der Waals surface area contributed by atoms with Gasteiger partial charge in [0.15, 0.2) is 5.17 Å². The fourth-order valence-corrected chi connectivity index (χ4v) is 4.10. The van der Waals surface area contributed by atoms with E-state index in [9.17, 15) is 31.1 Å². The Bertz CT molecular complexity index is 1240. The van der Waals surface area contributed by atoms with Gasteiger partial charge in [-0.15, -0.1) is 0 Å². The van der Waals surface area contributed by atoms with Gasteiger partial charge in [0.05, 0.1) is 16.0 Å². The molecule has 0 bridgehead atoms. The van der Waals surface area contributed by atoms with Gasteiger partial charge in [-0.05, 0) is 47.7 Å². The number of nitrogens with one attached hydrogen (secondary N) is 2. The van der Waals surface area contributed by atoms with E-state index in [1.165, 1.54) is 10.6 Å². The van der Waals surface area contributed by atoms with E-state index in [0.717, 1.165) is 11.8 Å². The molecule has 0 spiro atoms. The number of nitrogens with zero attached hydrogens (tertiary/aromatic N) is 1. The third-order valence-corrected chi connectivity index (χ3v) is 5.60. The zero-order valence-electron chi connectivity index (χ0n) is 15.9. The molecule has 166 valence electrons. The van der Waals surface area contributed by atoms with Crippen LogP contribution in [0.2, 0.25) is 0 Å². The number of alkyl halides is 6. The summed E-state index contributed by atoms with van der Waals surface area (Å²) < 4.78 is 80.7. The van der Waals surface area contributed by atoms with Gasteiger partial charge in [-0.1, -0.05) is 18.2 Å². The predicted molar refractivity (Wildman–Crippen MR) is 109 cm³/mol. The molecule has 2 aromatic carbocycles. The van der Waals surface area contributed by atoms with Gasteiger partial charge in [-0.2, -0.15) is 26.3 Å². The van der Waals surface area contributed by atoms with Crippen LogP contribution in [0.3, 0.4) is 0 Å². The van der Waals surface area contributed by atoms with Gasteiger partial charge in [0, 0.05) is 29.2 Å². The van der Waals surface area contributed by atoms with Gasteiger partial charge in [0.1, 0.15) is 0 Å². The van der Waals surface area contributed by atoms with Crippen LogP contribution in [0.4, 0.5) is 26.3 Å². The second-order valence-electron chi connectivity index (χ2n) is 7.04. The summed E-state index contributed by atoms with van der Waals surface area (Å²) in [6.45, 7) is -0.244. The van der Waals surface area contributed by atoms with Crippen LogP contribution in [0.25, 0.3) is 17.0 Å². The third kappa shape index (κ3) is 4.38. The van der Waals surface area contributed by atoms with Gasteiger partial charge >= 0.3 is 12.4 Å². The number of thioether (sulfide) groups is 1. The molecule has 0 saturated carbocycles. The molecule has 1 saturated heterocycles. The highest BCUT2D eigenvalue weighted by Gasteiger charge is 2.37. The van der Waals surface area contributed by atoms with Crippen LogP contribution >= 0.6 is 11.8 Å². The van der Waals surface area contributed by atoms with Crippen molar-refractivity contribution in [3.05, 3.63) is 75.8 Å². The fraction of sp³-hybridized carbons (Fsp3) is 0.143. The van der Waals surface area contributed by atoms with Crippen LogP contribution in [0.15, 0.2) is 53.6 Å². The first kappa shape index (κ1) is 22.0. The van der Waals surface area contributed by atoms with Crippen molar-refractivity contribution < 1.29 is 31.1 Å². The predicted octanol–water partition coefficient (Wildman–Crippen LogP) is 5.87. The first-order chi connectivity index (χ1) is 14.9. The van der Waals surface area contributed by atoms with Gasteiger partial charge in [0.2, 0.25) is 0 Å². The lowest BCUT2D eigenvalue weighted by molar-refractivity contribution is -0.143. The van der Waals surface area contributed by atoms with E-state index in [1.807, 2.05) is 0 Å². The molecule has 1 aliphatic rings. The molecule has 32 heavy (non-hydrogen) atoms. The van der Waals surface area contributed by atoms with Crippen molar-refractivity contribution in [1.29, 1.82) is 5.41 Å². The van der Waals surface area contributed by atoms with Crippen LogP contribution in [0.1, 0.15) is 22.3 Å². The topological polar surface area (TPSA) is 57.9 Å². The number of amidine groups is 1. The van der Waals surface area contributed by atoms with Crippen LogP contribution in [-0.2, 0) is 23.7 Å². The van der Waals surface area contributed by atoms with E-state index < -0.39 is 29.4 Å². The molecule has 0 unspecified atom stereocenters. The lowest BCUT2D eigenvalue weighted by Crippen LogP contribution is -2.18. The highest BCUT2D eigenvalue weighted by atomic mass is 32.2. The average molecular weight is 469 g/mol. The van der Waals surface area contributed by atoms with E-state index in [1.54, 1.807) is 30.5 Å². The molecule has 1 amide bonds. The van der Waals surface area contributed by atoms with E-state index >= 15 is 0 Å². The Morgan fingerprint density at radius 2 is 1.62 bits per heavy atom. The SMILES string of the molecule is N=C1NC(=O)/C(=C/c2cn(Cc3cc(C(F)(F)F)cc(C(F)(F)F)c3)c3ccccc23)S1. The minimum absolute atomic E-state index is 0.0337. The Kier molecular flexibility index (Phi) is 5.32. The van der Waals surface area contributed by atoms with Crippen molar-refractivity contribution in [1.82, 2.24) is 9.88 Å². The molecule has 1 aliphatic heterocycles. The number of halogens is 6. The quantitative estimate of drug-likeness (QED) is 0.373. The number of carbonyl (C=O) groups excluding carboxylic acids is 1. The Morgan fingerprint density at radius 1 is 1.00 bits per heavy atom. The summed E-state index contributed by atoms with van der Waals surface area (Å²) in [7, 11) is 0. The van der Waals surface area contributed by atoms with Gasteiger partial charge in [-0.3, -0.25) is 10.2 Å². The molecule has 0 atom stereocenters. The van der Waals surface area contributed by atoms with Crippen molar-refractivity contribution in [3.63, 3.8) is 0 Å². The maximum absolute atomic E-state index is 13.2. The first-order valence-electron chi connectivity index (χ1n) is 9.07. The molecule has 2 N–H and O–H groups in total. The van der Waals surface area contributed by atoms with E-state index in [4.69, 9.17) is 5.41 Å². The lowest BCUT2D eigenvalue weighted by Gasteiger charge is -2.15.